The summed E-state index contributed by atoms with van der Waals surface area (Å²) in [4.78, 5) is 26.6. The van der Waals surface area contributed by atoms with E-state index in [4.69, 9.17) is 11.5 Å². The first kappa shape index (κ1) is 14.3. The highest BCUT2D eigenvalue weighted by Gasteiger charge is 2.08. The Kier molecular flexibility index (Phi) is 4.52. The Labute approximate surface area is 120 Å². The highest BCUT2D eigenvalue weighted by atomic mass is 32.1. The van der Waals surface area contributed by atoms with Gasteiger partial charge in [-0.3, -0.25) is 9.59 Å². The van der Waals surface area contributed by atoms with E-state index in [2.05, 4.69) is 10.3 Å². The van der Waals surface area contributed by atoms with E-state index in [1.165, 1.54) is 11.3 Å². The molecule has 2 amide bonds. The molecule has 0 aliphatic heterocycles. The Hall–Kier alpha value is -2.15. The Morgan fingerprint density at radius 1 is 1.30 bits per heavy atom. The lowest BCUT2D eigenvalue weighted by atomic mass is 10.2. The van der Waals surface area contributed by atoms with Crippen molar-refractivity contribution < 1.29 is 9.59 Å². The van der Waals surface area contributed by atoms with E-state index < -0.39 is 0 Å². The van der Waals surface area contributed by atoms with Crippen LogP contribution in [0, 0.1) is 0 Å². The molecule has 2 aromatic rings. The van der Waals surface area contributed by atoms with E-state index in [1.54, 1.807) is 18.2 Å². The third-order valence-electron chi connectivity index (χ3n) is 2.80. The lowest BCUT2D eigenvalue weighted by molar-refractivity contribution is -0.118. The Morgan fingerprint density at radius 3 is 2.85 bits per heavy atom. The van der Waals surface area contributed by atoms with Crippen molar-refractivity contribution in [2.75, 3.05) is 12.3 Å². The van der Waals surface area contributed by atoms with Crippen LogP contribution in [0.3, 0.4) is 0 Å². The molecule has 0 unspecified atom stereocenters. The maximum Gasteiger partial charge on any atom is 0.251 e. The number of nitrogen functional groups attached to an aromatic ring is 1. The number of carbonyl (C=O) groups excluding carboxylic acids is 2. The minimum Gasteiger partial charge on any atom is -0.375 e. The molecule has 0 bridgehead atoms. The fraction of sp³-hybridized carbons (Fsp3) is 0.308. The van der Waals surface area contributed by atoms with E-state index in [1.807, 2.05) is 0 Å². The summed E-state index contributed by atoms with van der Waals surface area (Å²) >= 11 is 1.35. The molecule has 0 saturated carbocycles. The number of nitrogens with two attached hydrogens (primary N) is 2. The maximum atomic E-state index is 11.9. The van der Waals surface area contributed by atoms with Crippen molar-refractivity contribution in [3.05, 3.63) is 23.8 Å². The number of thiazole rings is 1. The molecule has 0 aliphatic carbocycles. The average molecular weight is 292 g/mol. The minimum absolute atomic E-state index is 0.141. The summed E-state index contributed by atoms with van der Waals surface area (Å²) in [6, 6.07) is 5.28. The van der Waals surface area contributed by atoms with Crippen LogP contribution in [-0.4, -0.2) is 23.3 Å². The van der Waals surface area contributed by atoms with Crippen LogP contribution in [0.15, 0.2) is 18.2 Å². The van der Waals surface area contributed by atoms with Crippen LogP contribution < -0.4 is 16.8 Å². The number of hydrogen-bond donors (Lipinski definition) is 3. The molecule has 0 fully saturated rings. The van der Waals surface area contributed by atoms with E-state index in [9.17, 15) is 9.59 Å². The fourth-order valence-electron chi connectivity index (χ4n) is 1.81. The van der Waals surface area contributed by atoms with Gasteiger partial charge in [0.1, 0.15) is 0 Å². The van der Waals surface area contributed by atoms with Gasteiger partial charge in [-0.05, 0) is 31.0 Å². The summed E-state index contributed by atoms with van der Waals surface area (Å²) < 4.78 is 0.892. The highest BCUT2D eigenvalue weighted by molar-refractivity contribution is 7.22. The second-order valence-corrected chi connectivity index (χ2v) is 5.48. The molecule has 2 rings (SSSR count). The second kappa shape index (κ2) is 6.33. The van der Waals surface area contributed by atoms with Gasteiger partial charge in [0, 0.05) is 18.5 Å². The molecule has 1 aromatic carbocycles. The van der Waals surface area contributed by atoms with Crippen molar-refractivity contribution in [3.63, 3.8) is 0 Å². The number of anilines is 1. The fourth-order valence-corrected chi connectivity index (χ4v) is 2.59. The van der Waals surface area contributed by atoms with Crippen molar-refractivity contribution >= 4 is 38.5 Å². The second-order valence-electron chi connectivity index (χ2n) is 4.41. The summed E-state index contributed by atoms with van der Waals surface area (Å²) in [6.07, 6.45) is 1.76. The molecule has 1 heterocycles. The quantitative estimate of drug-likeness (QED) is 0.696. The number of hydrogen-bond acceptors (Lipinski definition) is 5. The van der Waals surface area contributed by atoms with E-state index >= 15 is 0 Å². The number of benzene rings is 1. The Morgan fingerprint density at radius 2 is 2.10 bits per heavy atom. The third-order valence-corrected chi connectivity index (χ3v) is 3.65. The molecule has 0 radical (unpaired) electrons. The van der Waals surface area contributed by atoms with Gasteiger partial charge in [-0.15, -0.1) is 0 Å². The molecule has 1 aromatic heterocycles. The van der Waals surface area contributed by atoms with E-state index in [0.29, 0.717) is 30.1 Å². The van der Waals surface area contributed by atoms with Crippen LogP contribution >= 0.6 is 11.3 Å². The lowest BCUT2D eigenvalue weighted by Gasteiger charge is -2.04. The summed E-state index contributed by atoms with van der Waals surface area (Å²) in [5.74, 6) is -0.456. The zero-order chi connectivity index (χ0) is 14.5. The van der Waals surface area contributed by atoms with Gasteiger partial charge < -0.3 is 16.8 Å². The van der Waals surface area contributed by atoms with Crippen LogP contribution in [-0.2, 0) is 4.79 Å². The summed E-state index contributed by atoms with van der Waals surface area (Å²) in [5, 5.41) is 3.30. The van der Waals surface area contributed by atoms with Gasteiger partial charge in [0.25, 0.3) is 5.91 Å². The first-order chi connectivity index (χ1) is 9.56. The zero-order valence-electron chi connectivity index (χ0n) is 10.9. The molecular weight excluding hydrogens is 276 g/mol. The predicted molar refractivity (Wildman–Crippen MR) is 79.4 cm³/mol. The number of rotatable bonds is 6. The first-order valence-corrected chi connectivity index (χ1v) is 7.10. The number of amides is 2. The summed E-state index contributed by atoms with van der Waals surface area (Å²) in [6.45, 7) is 0.523. The maximum absolute atomic E-state index is 11.9. The monoisotopic (exact) mass is 292 g/mol. The van der Waals surface area contributed by atoms with Crippen LogP contribution in [0.25, 0.3) is 10.2 Å². The van der Waals surface area contributed by atoms with Gasteiger partial charge in [-0.25, -0.2) is 4.98 Å². The van der Waals surface area contributed by atoms with Gasteiger partial charge in [-0.1, -0.05) is 11.3 Å². The molecule has 6 nitrogen and oxygen atoms in total. The summed E-state index contributed by atoms with van der Waals surface area (Å²) in [5.41, 5.74) is 12.0. The number of carbonyl (C=O) groups is 2. The Balaban J connectivity index is 1.89. The molecule has 7 heteroatoms. The lowest BCUT2D eigenvalue weighted by Crippen LogP contribution is -2.24. The van der Waals surface area contributed by atoms with Crippen molar-refractivity contribution in [1.82, 2.24) is 10.3 Å². The van der Waals surface area contributed by atoms with E-state index in [0.717, 1.165) is 16.6 Å². The highest BCUT2D eigenvalue weighted by Crippen LogP contribution is 2.24. The smallest absolute Gasteiger partial charge is 0.251 e. The standard InChI is InChI=1S/C13H16N4O2S/c14-11(18)3-1-2-6-16-12(19)8-4-5-9-10(7-8)20-13(15)17-9/h4-5,7H,1-3,6H2,(H2,14,18)(H2,15,17)(H,16,19). The third kappa shape index (κ3) is 3.67. The molecule has 106 valence electrons. The first-order valence-electron chi connectivity index (χ1n) is 6.29. The largest absolute Gasteiger partial charge is 0.375 e. The number of primary amides is 1. The SMILES string of the molecule is NC(=O)CCCCNC(=O)c1ccc2nc(N)sc2c1. The van der Waals surface area contributed by atoms with Crippen molar-refractivity contribution in [1.29, 1.82) is 0 Å². The molecule has 0 spiro atoms. The molecule has 0 atom stereocenters. The van der Waals surface area contributed by atoms with Crippen LogP contribution in [0.4, 0.5) is 5.13 Å². The van der Waals surface area contributed by atoms with Crippen molar-refractivity contribution in [2.45, 2.75) is 19.3 Å². The number of fused-ring (bicyclic) bond motifs is 1. The molecular formula is C13H16N4O2S. The van der Waals surface area contributed by atoms with Gasteiger partial charge in [-0.2, -0.15) is 0 Å². The van der Waals surface area contributed by atoms with E-state index in [-0.39, 0.29) is 11.8 Å². The molecule has 20 heavy (non-hydrogen) atoms. The zero-order valence-corrected chi connectivity index (χ0v) is 11.7. The number of unbranched alkanes of at least 4 members (excludes halogenated alkanes) is 1. The van der Waals surface area contributed by atoms with Crippen LogP contribution in [0.5, 0.6) is 0 Å². The number of nitrogens with one attached hydrogen (secondary N) is 1. The average Bonchev–Trinajstić information content (AvgIpc) is 2.76. The minimum atomic E-state index is -0.315. The molecule has 5 N–H and O–H groups in total. The predicted octanol–water partition coefficient (Wildman–Crippen LogP) is 1.26. The topological polar surface area (TPSA) is 111 Å². The van der Waals surface area contributed by atoms with Gasteiger partial charge in [0.05, 0.1) is 10.2 Å². The van der Waals surface area contributed by atoms with Gasteiger partial charge in [0.2, 0.25) is 5.91 Å². The number of nitrogens with zero attached hydrogens (tertiary/aromatic N) is 1. The van der Waals surface area contributed by atoms with Crippen LogP contribution in [0.2, 0.25) is 0 Å². The van der Waals surface area contributed by atoms with Crippen molar-refractivity contribution in [2.24, 2.45) is 5.73 Å². The van der Waals surface area contributed by atoms with Gasteiger partial charge >= 0.3 is 0 Å². The summed E-state index contributed by atoms with van der Waals surface area (Å²) in [7, 11) is 0. The normalized spacial score (nSPS) is 10.6. The van der Waals surface area contributed by atoms with Gasteiger partial charge in [0.15, 0.2) is 5.13 Å². The molecule has 0 aliphatic rings. The molecule has 0 saturated heterocycles. The van der Waals surface area contributed by atoms with Crippen molar-refractivity contribution in [3.8, 4) is 0 Å². The van der Waals surface area contributed by atoms with Crippen LogP contribution in [0.1, 0.15) is 29.6 Å². The number of aromatic nitrogens is 1. The Bertz CT molecular complexity index is 638.